The highest BCUT2D eigenvalue weighted by Gasteiger charge is 2.26. The Morgan fingerprint density at radius 2 is 2.26 bits per heavy atom. The first-order chi connectivity index (χ1) is 9.06. The van der Waals surface area contributed by atoms with E-state index in [4.69, 9.17) is 11.6 Å². The highest BCUT2D eigenvalue weighted by atomic mass is 35.5. The molecular weight excluding hydrogens is 265 g/mol. The second-order valence-corrected chi connectivity index (χ2v) is 5.95. The molecule has 2 unspecified atom stereocenters. The summed E-state index contributed by atoms with van der Waals surface area (Å²) in [5, 5.41) is -0.179. The Balaban J connectivity index is 2.16. The monoisotopic (exact) mass is 281 g/mol. The quantitative estimate of drug-likeness (QED) is 0.787. The summed E-state index contributed by atoms with van der Waals surface area (Å²) in [6.07, 6.45) is 1.08. The molecule has 1 saturated heterocycles. The van der Waals surface area contributed by atoms with Crippen LogP contribution in [0.4, 0.5) is 4.39 Å². The average Bonchev–Trinajstić information content (AvgIpc) is 2.91. The summed E-state index contributed by atoms with van der Waals surface area (Å²) in [5.74, 6) is 0.581. The van der Waals surface area contributed by atoms with Gasteiger partial charge in [0.05, 0.1) is 16.4 Å². The number of aromatic nitrogens is 2. The van der Waals surface area contributed by atoms with Crippen molar-refractivity contribution >= 4 is 22.6 Å². The number of imidazole rings is 1. The number of likely N-dealkylation sites (tertiary alicyclic amines) is 1. The van der Waals surface area contributed by atoms with Gasteiger partial charge in [-0.1, -0.05) is 0 Å². The van der Waals surface area contributed by atoms with Crippen LogP contribution in [0.1, 0.15) is 30.6 Å². The van der Waals surface area contributed by atoms with Crippen LogP contribution in [-0.2, 0) is 0 Å². The maximum Gasteiger partial charge on any atom is 0.128 e. The van der Waals surface area contributed by atoms with Gasteiger partial charge in [0.15, 0.2) is 0 Å². The number of hydrogen-bond acceptors (Lipinski definition) is 2. The van der Waals surface area contributed by atoms with E-state index in [2.05, 4.69) is 21.5 Å². The van der Waals surface area contributed by atoms with Crippen LogP contribution in [0.5, 0.6) is 0 Å². The molecule has 2 aromatic rings. The van der Waals surface area contributed by atoms with Crippen molar-refractivity contribution in [2.45, 2.75) is 24.8 Å². The van der Waals surface area contributed by atoms with E-state index in [0.717, 1.165) is 30.9 Å². The number of likely N-dealkylation sites (N-methyl/N-ethyl adjacent to an activating group) is 1. The van der Waals surface area contributed by atoms with Crippen molar-refractivity contribution in [2.75, 3.05) is 20.1 Å². The second kappa shape index (κ2) is 4.76. The van der Waals surface area contributed by atoms with Crippen molar-refractivity contribution in [2.24, 2.45) is 0 Å². The highest BCUT2D eigenvalue weighted by Crippen LogP contribution is 2.32. The first-order valence-corrected chi connectivity index (χ1v) is 7.00. The molecule has 0 amide bonds. The van der Waals surface area contributed by atoms with Crippen molar-refractivity contribution in [1.82, 2.24) is 14.5 Å². The van der Waals surface area contributed by atoms with Gasteiger partial charge < -0.3 is 9.47 Å². The Morgan fingerprint density at radius 1 is 1.47 bits per heavy atom. The SMILES string of the molecule is CC(Cl)c1nc2cc(F)ccc2n1C1CCN(C)C1. The molecule has 5 heteroatoms. The molecule has 0 spiro atoms. The Bertz CT molecular complexity index is 608. The van der Waals surface area contributed by atoms with Crippen molar-refractivity contribution in [1.29, 1.82) is 0 Å². The minimum atomic E-state index is -0.255. The first-order valence-electron chi connectivity index (χ1n) is 6.56. The third kappa shape index (κ3) is 2.23. The lowest BCUT2D eigenvalue weighted by Crippen LogP contribution is -2.18. The lowest BCUT2D eigenvalue weighted by molar-refractivity contribution is 0.392. The molecule has 1 aromatic heterocycles. The molecule has 2 heterocycles. The average molecular weight is 282 g/mol. The minimum Gasteiger partial charge on any atom is -0.322 e. The van der Waals surface area contributed by atoms with E-state index in [0.29, 0.717) is 11.6 Å². The van der Waals surface area contributed by atoms with Crippen LogP contribution in [0.15, 0.2) is 18.2 Å². The largest absolute Gasteiger partial charge is 0.322 e. The van der Waals surface area contributed by atoms with Crippen LogP contribution in [-0.4, -0.2) is 34.6 Å². The maximum absolute atomic E-state index is 13.3. The molecule has 0 aliphatic carbocycles. The Hall–Kier alpha value is -1.13. The first kappa shape index (κ1) is 12.9. The fourth-order valence-corrected chi connectivity index (χ4v) is 3.03. The molecule has 2 atom stereocenters. The van der Waals surface area contributed by atoms with Crippen LogP contribution >= 0.6 is 11.6 Å². The summed E-state index contributed by atoms with van der Waals surface area (Å²) < 4.78 is 15.5. The van der Waals surface area contributed by atoms with Crippen LogP contribution < -0.4 is 0 Å². The van der Waals surface area contributed by atoms with Crippen molar-refractivity contribution < 1.29 is 4.39 Å². The van der Waals surface area contributed by atoms with E-state index >= 15 is 0 Å². The zero-order valence-corrected chi connectivity index (χ0v) is 11.9. The van der Waals surface area contributed by atoms with E-state index in [1.165, 1.54) is 12.1 Å². The molecule has 1 fully saturated rings. The summed E-state index contributed by atoms with van der Waals surface area (Å²) >= 11 is 6.24. The molecule has 3 nitrogen and oxygen atoms in total. The van der Waals surface area contributed by atoms with E-state index in [-0.39, 0.29) is 11.2 Å². The predicted molar refractivity (Wildman–Crippen MR) is 75.1 cm³/mol. The molecule has 3 rings (SSSR count). The molecule has 1 aliphatic rings. The van der Waals surface area contributed by atoms with Crippen molar-refractivity contribution in [3.8, 4) is 0 Å². The molecule has 19 heavy (non-hydrogen) atoms. The zero-order chi connectivity index (χ0) is 13.6. The van der Waals surface area contributed by atoms with E-state index in [1.54, 1.807) is 6.07 Å². The number of halogens is 2. The van der Waals surface area contributed by atoms with Gasteiger partial charge in [0.1, 0.15) is 11.6 Å². The smallest absolute Gasteiger partial charge is 0.128 e. The fourth-order valence-electron chi connectivity index (χ4n) is 2.88. The molecular formula is C14H17ClFN3. The van der Waals surface area contributed by atoms with Crippen LogP contribution in [0.25, 0.3) is 11.0 Å². The molecule has 1 aromatic carbocycles. The van der Waals surface area contributed by atoms with Gasteiger partial charge in [-0.05, 0) is 39.1 Å². The Labute approximate surface area is 117 Å². The van der Waals surface area contributed by atoms with Crippen LogP contribution in [0.2, 0.25) is 0 Å². The van der Waals surface area contributed by atoms with Gasteiger partial charge in [-0.3, -0.25) is 0 Å². The molecule has 102 valence electrons. The number of fused-ring (bicyclic) bond motifs is 1. The molecule has 1 aliphatic heterocycles. The number of alkyl halides is 1. The summed E-state index contributed by atoms with van der Waals surface area (Å²) in [5.41, 5.74) is 1.67. The second-order valence-electron chi connectivity index (χ2n) is 5.29. The van der Waals surface area contributed by atoms with Crippen LogP contribution in [0, 0.1) is 5.82 Å². The summed E-state index contributed by atoms with van der Waals surface area (Å²) in [4.78, 5) is 6.81. The van der Waals surface area contributed by atoms with Gasteiger partial charge in [0.25, 0.3) is 0 Å². The van der Waals surface area contributed by atoms with Gasteiger partial charge in [0, 0.05) is 18.7 Å². The molecule has 0 bridgehead atoms. The lowest BCUT2D eigenvalue weighted by atomic mass is 10.2. The molecule has 0 N–H and O–H groups in total. The molecule has 0 radical (unpaired) electrons. The summed E-state index contributed by atoms with van der Waals surface area (Å²) in [6, 6.07) is 5.14. The number of nitrogens with zero attached hydrogens (tertiary/aromatic N) is 3. The predicted octanol–water partition coefficient (Wildman–Crippen LogP) is 3.35. The lowest BCUT2D eigenvalue weighted by Gasteiger charge is -2.17. The van der Waals surface area contributed by atoms with Gasteiger partial charge >= 0.3 is 0 Å². The van der Waals surface area contributed by atoms with Gasteiger partial charge in [-0.15, -0.1) is 11.6 Å². The summed E-state index contributed by atoms with van der Waals surface area (Å²) in [6.45, 7) is 3.97. The Kier molecular flexibility index (Phi) is 3.23. The minimum absolute atomic E-state index is 0.179. The van der Waals surface area contributed by atoms with Gasteiger partial charge in [0.2, 0.25) is 0 Å². The summed E-state index contributed by atoms with van der Waals surface area (Å²) in [7, 11) is 2.11. The number of rotatable bonds is 2. The van der Waals surface area contributed by atoms with Crippen LogP contribution in [0.3, 0.4) is 0 Å². The van der Waals surface area contributed by atoms with Crippen molar-refractivity contribution in [3.05, 3.63) is 29.8 Å². The van der Waals surface area contributed by atoms with E-state index in [1.807, 2.05) is 6.92 Å². The van der Waals surface area contributed by atoms with Gasteiger partial charge in [-0.25, -0.2) is 9.37 Å². The van der Waals surface area contributed by atoms with E-state index < -0.39 is 0 Å². The number of hydrogen-bond donors (Lipinski definition) is 0. The highest BCUT2D eigenvalue weighted by molar-refractivity contribution is 6.20. The fraction of sp³-hybridized carbons (Fsp3) is 0.500. The third-order valence-electron chi connectivity index (χ3n) is 3.77. The third-order valence-corrected chi connectivity index (χ3v) is 3.96. The standard InChI is InChI=1S/C14H17ClFN3/c1-9(15)14-17-12-7-10(16)3-4-13(12)19(14)11-5-6-18(2)8-11/h3-4,7,9,11H,5-6,8H2,1-2H3. The zero-order valence-electron chi connectivity index (χ0n) is 11.1. The van der Waals surface area contributed by atoms with Crippen molar-refractivity contribution in [3.63, 3.8) is 0 Å². The number of benzene rings is 1. The molecule has 0 saturated carbocycles. The van der Waals surface area contributed by atoms with E-state index in [9.17, 15) is 4.39 Å². The van der Waals surface area contributed by atoms with Gasteiger partial charge in [-0.2, -0.15) is 0 Å². The topological polar surface area (TPSA) is 21.1 Å². The normalized spacial score (nSPS) is 22.2. The Morgan fingerprint density at radius 3 is 2.89 bits per heavy atom. The maximum atomic E-state index is 13.3.